The number of ether oxygens (including phenoxy) is 3. The van der Waals surface area contributed by atoms with Crippen LogP contribution >= 0.6 is 0 Å². The molecule has 0 unspecified atom stereocenters. The number of aromatic nitrogens is 2. The van der Waals surface area contributed by atoms with Crippen molar-refractivity contribution in [2.45, 2.75) is 70.0 Å². The Balaban J connectivity index is 1.91. The molecule has 1 N–H and O–H groups in total. The third-order valence-corrected chi connectivity index (χ3v) is 13.0. The standard InChI is InChI=1S/C26H38N2O7Si/c1-18(2)36(19(3)4,20(5)6)34-17-26(16-33-24(30)21-10-8-7-9-11-21)15-32-14-23(35-26)28-13-12-22(29)27-25(28)31/h7-13,18-20,23H,14-17H2,1-6H3,(H,27,29,31)/t23-,26+/m1/s1. The number of carbonyl (C=O) groups excluding carboxylic acids is 1. The first-order valence-electron chi connectivity index (χ1n) is 12.4. The first-order valence-corrected chi connectivity index (χ1v) is 14.6. The summed E-state index contributed by atoms with van der Waals surface area (Å²) in [5.74, 6) is -0.484. The van der Waals surface area contributed by atoms with Gasteiger partial charge < -0.3 is 18.6 Å². The van der Waals surface area contributed by atoms with Crippen molar-refractivity contribution >= 4 is 14.3 Å². The molecule has 3 rings (SSSR count). The van der Waals surface area contributed by atoms with Gasteiger partial charge in [0.2, 0.25) is 0 Å². The first kappa shape index (κ1) is 28.0. The Morgan fingerprint density at radius 3 is 2.28 bits per heavy atom. The minimum atomic E-state index is -2.29. The topological polar surface area (TPSA) is 109 Å². The molecule has 9 nitrogen and oxygen atoms in total. The molecule has 2 aromatic rings. The lowest BCUT2D eigenvalue weighted by Gasteiger charge is -2.46. The number of hydrogen-bond acceptors (Lipinski definition) is 7. The number of hydrogen-bond donors (Lipinski definition) is 1. The van der Waals surface area contributed by atoms with Crippen LogP contribution < -0.4 is 11.2 Å². The van der Waals surface area contributed by atoms with Gasteiger partial charge in [0, 0.05) is 12.3 Å². The molecule has 198 valence electrons. The maximum atomic E-state index is 12.8. The summed E-state index contributed by atoms with van der Waals surface area (Å²) in [5.41, 5.74) is -0.810. The van der Waals surface area contributed by atoms with Crippen molar-refractivity contribution in [1.82, 2.24) is 9.55 Å². The summed E-state index contributed by atoms with van der Waals surface area (Å²) in [4.78, 5) is 39.0. The SMILES string of the molecule is CC(C)[Si](OC[C@@]1(COC(=O)c2ccccc2)COC[C@H](n2ccc(=O)[nH]c2=O)O1)(C(C)C)C(C)C. The van der Waals surface area contributed by atoms with Gasteiger partial charge in [0.25, 0.3) is 5.56 Å². The van der Waals surface area contributed by atoms with Gasteiger partial charge in [0.05, 0.1) is 25.4 Å². The van der Waals surface area contributed by atoms with Gasteiger partial charge in [0.15, 0.2) is 14.5 Å². The highest BCUT2D eigenvalue weighted by Crippen LogP contribution is 2.43. The van der Waals surface area contributed by atoms with E-state index in [9.17, 15) is 14.4 Å². The molecule has 1 aliphatic rings. The molecule has 1 aromatic heterocycles. The molecule has 0 radical (unpaired) electrons. The first-order chi connectivity index (χ1) is 17.0. The summed E-state index contributed by atoms with van der Waals surface area (Å²) in [6, 6.07) is 9.97. The zero-order chi connectivity index (χ0) is 26.5. The van der Waals surface area contributed by atoms with Gasteiger partial charge in [-0.1, -0.05) is 59.7 Å². The average Bonchev–Trinajstić information content (AvgIpc) is 2.83. The van der Waals surface area contributed by atoms with Gasteiger partial charge in [0.1, 0.15) is 12.2 Å². The molecular weight excluding hydrogens is 480 g/mol. The van der Waals surface area contributed by atoms with Crippen molar-refractivity contribution in [2.75, 3.05) is 26.4 Å². The molecule has 2 heterocycles. The molecule has 10 heteroatoms. The Morgan fingerprint density at radius 2 is 1.69 bits per heavy atom. The third kappa shape index (κ3) is 6.05. The van der Waals surface area contributed by atoms with Crippen molar-refractivity contribution in [3.63, 3.8) is 0 Å². The molecule has 0 bridgehead atoms. The van der Waals surface area contributed by atoms with Gasteiger partial charge in [-0.05, 0) is 28.8 Å². The second-order valence-electron chi connectivity index (χ2n) is 10.3. The van der Waals surface area contributed by atoms with Crippen molar-refractivity contribution < 1.29 is 23.4 Å². The second kappa shape index (κ2) is 11.7. The lowest BCUT2D eigenvalue weighted by Crippen LogP contribution is -2.58. The molecule has 0 saturated carbocycles. The number of benzene rings is 1. The fourth-order valence-corrected chi connectivity index (χ4v) is 10.8. The minimum Gasteiger partial charge on any atom is -0.459 e. The van der Waals surface area contributed by atoms with E-state index in [2.05, 4.69) is 46.5 Å². The van der Waals surface area contributed by atoms with Crippen LogP contribution in [0.3, 0.4) is 0 Å². The van der Waals surface area contributed by atoms with E-state index in [1.807, 2.05) is 6.07 Å². The van der Waals surface area contributed by atoms with Crippen LogP contribution in [0.15, 0.2) is 52.2 Å². The van der Waals surface area contributed by atoms with Gasteiger partial charge in [-0.25, -0.2) is 9.59 Å². The smallest absolute Gasteiger partial charge is 0.338 e. The van der Waals surface area contributed by atoms with E-state index in [4.69, 9.17) is 18.6 Å². The lowest BCUT2D eigenvalue weighted by atomic mass is 10.1. The van der Waals surface area contributed by atoms with Gasteiger partial charge in [-0.15, -0.1) is 0 Å². The summed E-state index contributed by atoms with van der Waals surface area (Å²) in [5, 5.41) is 0. The maximum absolute atomic E-state index is 12.8. The predicted octanol–water partition coefficient (Wildman–Crippen LogP) is 3.87. The summed E-state index contributed by atoms with van der Waals surface area (Å²) in [6.45, 7) is 13.4. The molecule has 36 heavy (non-hydrogen) atoms. The van der Waals surface area contributed by atoms with Crippen molar-refractivity contribution in [3.05, 3.63) is 69.0 Å². The number of nitrogens with zero attached hydrogens (tertiary/aromatic N) is 1. The van der Waals surface area contributed by atoms with Crippen molar-refractivity contribution in [2.24, 2.45) is 0 Å². The fourth-order valence-electron chi connectivity index (χ4n) is 5.30. The Labute approximate surface area is 212 Å². The molecular formula is C26H38N2O7Si. The van der Waals surface area contributed by atoms with E-state index in [-0.39, 0.29) is 26.4 Å². The van der Waals surface area contributed by atoms with E-state index in [1.54, 1.807) is 24.3 Å². The molecule has 1 saturated heterocycles. The largest absolute Gasteiger partial charge is 0.459 e. The number of nitrogens with one attached hydrogen (secondary N) is 1. The highest BCUT2D eigenvalue weighted by atomic mass is 28.4. The van der Waals surface area contributed by atoms with Gasteiger partial charge in [-0.3, -0.25) is 14.3 Å². The zero-order valence-electron chi connectivity index (χ0n) is 22.0. The molecule has 1 aliphatic heterocycles. The van der Waals surface area contributed by atoms with Crippen LogP contribution in [-0.2, 0) is 18.6 Å². The van der Waals surface area contributed by atoms with Crippen LogP contribution in [0, 0.1) is 0 Å². The average molecular weight is 519 g/mol. The molecule has 0 amide bonds. The van der Waals surface area contributed by atoms with Crippen molar-refractivity contribution in [1.29, 1.82) is 0 Å². The van der Waals surface area contributed by atoms with E-state index < -0.39 is 37.4 Å². The zero-order valence-corrected chi connectivity index (χ0v) is 23.0. The van der Waals surface area contributed by atoms with Crippen LogP contribution in [0.1, 0.15) is 58.1 Å². The van der Waals surface area contributed by atoms with Crippen LogP contribution in [0.5, 0.6) is 0 Å². The predicted molar refractivity (Wildman–Crippen MR) is 139 cm³/mol. The number of carbonyl (C=O) groups is 1. The maximum Gasteiger partial charge on any atom is 0.338 e. The lowest BCUT2D eigenvalue weighted by molar-refractivity contribution is -0.247. The molecule has 1 aromatic carbocycles. The number of rotatable bonds is 10. The summed E-state index contributed by atoms with van der Waals surface area (Å²) in [7, 11) is -2.29. The van der Waals surface area contributed by atoms with Crippen LogP contribution in [0.4, 0.5) is 0 Å². The second-order valence-corrected chi connectivity index (χ2v) is 15.8. The van der Waals surface area contributed by atoms with E-state index in [0.29, 0.717) is 22.2 Å². The van der Waals surface area contributed by atoms with Gasteiger partial charge in [-0.2, -0.15) is 0 Å². The van der Waals surface area contributed by atoms with Gasteiger partial charge >= 0.3 is 11.7 Å². The molecule has 2 atom stereocenters. The third-order valence-electron chi connectivity index (χ3n) is 6.94. The monoisotopic (exact) mass is 518 g/mol. The number of H-pyrrole nitrogens is 1. The normalized spacial score (nSPS) is 20.8. The molecule has 1 fully saturated rings. The summed E-state index contributed by atoms with van der Waals surface area (Å²) < 4.78 is 26.1. The van der Waals surface area contributed by atoms with Crippen LogP contribution in [-0.4, -0.2) is 55.9 Å². The Morgan fingerprint density at radius 1 is 1.06 bits per heavy atom. The van der Waals surface area contributed by atoms with Crippen molar-refractivity contribution in [3.8, 4) is 0 Å². The van der Waals surface area contributed by atoms with Crippen LogP contribution in [0.25, 0.3) is 0 Å². The Kier molecular flexibility index (Phi) is 9.10. The quantitative estimate of drug-likeness (QED) is 0.376. The number of esters is 1. The summed E-state index contributed by atoms with van der Waals surface area (Å²) in [6.07, 6.45) is 0.549. The van der Waals surface area contributed by atoms with E-state index >= 15 is 0 Å². The van der Waals surface area contributed by atoms with E-state index in [1.165, 1.54) is 16.8 Å². The number of aromatic amines is 1. The Bertz CT molecular complexity index is 1110. The Hall–Kier alpha value is -2.53. The van der Waals surface area contributed by atoms with Crippen LogP contribution in [0.2, 0.25) is 16.6 Å². The molecule has 0 aliphatic carbocycles. The highest BCUT2D eigenvalue weighted by molar-refractivity contribution is 6.77. The highest BCUT2D eigenvalue weighted by Gasteiger charge is 2.49. The minimum absolute atomic E-state index is 0.0987. The summed E-state index contributed by atoms with van der Waals surface area (Å²) >= 11 is 0. The van der Waals surface area contributed by atoms with E-state index in [0.717, 1.165) is 0 Å². The molecule has 0 spiro atoms. The fraction of sp³-hybridized carbons (Fsp3) is 0.577.